The van der Waals surface area contributed by atoms with E-state index in [2.05, 4.69) is 4.98 Å². The SMILES string of the molecule is Cc1cc2oc(=O)cc(COC(=O)CSc3nc4ccccc4s3)c2cc1C. The van der Waals surface area contributed by atoms with Crippen LogP contribution in [-0.2, 0) is 16.1 Å². The van der Waals surface area contributed by atoms with Crippen molar-refractivity contribution >= 4 is 50.3 Å². The van der Waals surface area contributed by atoms with Crippen LogP contribution in [0.4, 0.5) is 0 Å². The van der Waals surface area contributed by atoms with Gasteiger partial charge in [0.15, 0.2) is 4.34 Å². The number of aromatic nitrogens is 1. The van der Waals surface area contributed by atoms with Crippen LogP contribution in [0.25, 0.3) is 21.2 Å². The third-order valence-electron chi connectivity index (χ3n) is 4.42. The van der Waals surface area contributed by atoms with E-state index in [1.807, 2.05) is 50.2 Å². The first-order valence-corrected chi connectivity index (χ1v) is 10.5. The molecule has 7 heteroatoms. The largest absolute Gasteiger partial charge is 0.460 e. The molecule has 2 heterocycles. The second-order valence-electron chi connectivity index (χ2n) is 6.42. The van der Waals surface area contributed by atoms with Crippen molar-refractivity contribution in [1.29, 1.82) is 0 Å². The summed E-state index contributed by atoms with van der Waals surface area (Å²) in [6.07, 6.45) is 0. The normalized spacial score (nSPS) is 11.2. The van der Waals surface area contributed by atoms with Crippen LogP contribution in [0.2, 0.25) is 0 Å². The first kappa shape index (κ1) is 18.7. The predicted molar refractivity (Wildman–Crippen MR) is 112 cm³/mol. The molecule has 0 N–H and O–H groups in total. The molecule has 28 heavy (non-hydrogen) atoms. The van der Waals surface area contributed by atoms with Gasteiger partial charge in [-0.3, -0.25) is 4.79 Å². The molecular formula is C21H17NO4S2. The maximum Gasteiger partial charge on any atom is 0.336 e. The second kappa shape index (κ2) is 7.77. The number of esters is 1. The molecule has 2 aromatic carbocycles. The molecule has 0 aliphatic heterocycles. The fourth-order valence-electron chi connectivity index (χ4n) is 2.84. The highest BCUT2D eigenvalue weighted by molar-refractivity contribution is 8.01. The lowest BCUT2D eigenvalue weighted by molar-refractivity contribution is -0.141. The lowest BCUT2D eigenvalue weighted by Crippen LogP contribution is -2.09. The van der Waals surface area contributed by atoms with E-state index in [4.69, 9.17) is 9.15 Å². The maximum absolute atomic E-state index is 12.2. The number of carbonyl (C=O) groups excluding carboxylic acids is 1. The van der Waals surface area contributed by atoms with Crippen LogP contribution in [0.15, 0.2) is 56.0 Å². The Bertz CT molecular complexity index is 1210. The van der Waals surface area contributed by atoms with Crippen molar-refractivity contribution in [3.05, 3.63) is 69.6 Å². The van der Waals surface area contributed by atoms with Gasteiger partial charge in [-0.05, 0) is 49.2 Å². The second-order valence-corrected chi connectivity index (χ2v) is 8.67. The zero-order valence-electron chi connectivity index (χ0n) is 15.4. The number of thioether (sulfide) groups is 1. The fourth-order valence-corrected chi connectivity index (χ4v) is 4.70. The number of hydrogen-bond acceptors (Lipinski definition) is 7. The number of fused-ring (bicyclic) bond motifs is 2. The quantitative estimate of drug-likeness (QED) is 0.265. The Kier molecular flexibility index (Phi) is 5.19. The van der Waals surface area contributed by atoms with Gasteiger partial charge >= 0.3 is 11.6 Å². The fraction of sp³-hybridized carbons (Fsp3) is 0.190. The zero-order chi connectivity index (χ0) is 19.7. The number of ether oxygens (including phenoxy) is 1. The van der Waals surface area contributed by atoms with E-state index in [1.54, 1.807) is 11.3 Å². The molecule has 0 atom stereocenters. The molecule has 2 aromatic heterocycles. The van der Waals surface area contributed by atoms with Gasteiger partial charge in [0.2, 0.25) is 0 Å². The minimum absolute atomic E-state index is 0.0316. The van der Waals surface area contributed by atoms with Gasteiger partial charge in [-0.15, -0.1) is 11.3 Å². The molecule has 0 saturated carbocycles. The number of aryl methyl sites for hydroxylation is 2. The Morgan fingerprint density at radius 1 is 1.18 bits per heavy atom. The number of nitrogens with zero attached hydrogens (tertiary/aromatic N) is 1. The molecule has 5 nitrogen and oxygen atoms in total. The molecular weight excluding hydrogens is 394 g/mol. The molecule has 0 aliphatic rings. The van der Waals surface area contributed by atoms with Crippen molar-refractivity contribution < 1.29 is 13.9 Å². The van der Waals surface area contributed by atoms with E-state index in [9.17, 15) is 9.59 Å². The Labute approximate surface area is 169 Å². The van der Waals surface area contributed by atoms with E-state index in [-0.39, 0.29) is 18.3 Å². The average molecular weight is 412 g/mol. The van der Waals surface area contributed by atoms with Gasteiger partial charge in [-0.1, -0.05) is 23.9 Å². The van der Waals surface area contributed by atoms with Gasteiger partial charge in [0, 0.05) is 17.0 Å². The number of thiazole rings is 1. The third-order valence-corrected chi connectivity index (χ3v) is 6.57. The van der Waals surface area contributed by atoms with E-state index in [0.717, 1.165) is 31.1 Å². The lowest BCUT2D eigenvalue weighted by atomic mass is 10.0. The Balaban J connectivity index is 1.44. The van der Waals surface area contributed by atoms with Crippen molar-refractivity contribution in [2.75, 3.05) is 5.75 Å². The van der Waals surface area contributed by atoms with Crippen LogP contribution < -0.4 is 5.63 Å². The summed E-state index contributed by atoms with van der Waals surface area (Å²) in [6.45, 7) is 3.98. The highest BCUT2D eigenvalue weighted by Gasteiger charge is 2.12. The summed E-state index contributed by atoms with van der Waals surface area (Å²) < 4.78 is 12.6. The van der Waals surface area contributed by atoms with Crippen molar-refractivity contribution in [3.8, 4) is 0 Å². The van der Waals surface area contributed by atoms with Crippen LogP contribution in [0, 0.1) is 13.8 Å². The van der Waals surface area contributed by atoms with Crippen LogP contribution in [-0.4, -0.2) is 16.7 Å². The van der Waals surface area contributed by atoms with Crippen LogP contribution in [0.1, 0.15) is 16.7 Å². The number of rotatable bonds is 5. The molecule has 0 radical (unpaired) electrons. The summed E-state index contributed by atoms with van der Waals surface area (Å²) in [5.41, 5.74) is 3.75. The average Bonchev–Trinajstić information content (AvgIpc) is 3.09. The Morgan fingerprint density at radius 2 is 1.96 bits per heavy atom. The predicted octanol–water partition coefficient (Wildman–Crippen LogP) is 4.86. The number of benzene rings is 2. The summed E-state index contributed by atoms with van der Waals surface area (Å²) in [7, 11) is 0. The van der Waals surface area contributed by atoms with E-state index < -0.39 is 5.63 Å². The first-order valence-electron chi connectivity index (χ1n) is 8.67. The first-order chi connectivity index (χ1) is 13.5. The number of hydrogen-bond donors (Lipinski definition) is 0. The summed E-state index contributed by atoms with van der Waals surface area (Å²) in [5.74, 6) is -0.188. The minimum atomic E-state index is -0.453. The highest BCUT2D eigenvalue weighted by atomic mass is 32.2. The van der Waals surface area contributed by atoms with Crippen LogP contribution >= 0.6 is 23.1 Å². The molecule has 0 saturated heterocycles. The maximum atomic E-state index is 12.2. The van der Waals surface area contributed by atoms with Crippen molar-refractivity contribution in [2.45, 2.75) is 24.8 Å². The number of carbonyl (C=O) groups is 1. The summed E-state index contributed by atoms with van der Waals surface area (Å²) in [5, 5.41) is 0.786. The van der Waals surface area contributed by atoms with Gasteiger partial charge in [-0.2, -0.15) is 0 Å². The van der Waals surface area contributed by atoms with Crippen molar-refractivity contribution in [3.63, 3.8) is 0 Å². The van der Waals surface area contributed by atoms with Crippen LogP contribution in [0.5, 0.6) is 0 Å². The summed E-state index contributed by atoms with van der Waals surface area (Å²) in [6, 6.07) is 13.0. The van der Waals surface area contributed by atoms with Crippen molar-refractivity contribution in [2.24, 2.45) is 0 Å². The molecule has 0 fully saturated rings. The minimum Gasteiger partial charge on any atom is -0.460 e. The van der Waals surface area contributed by atoms with Gasteiger partial charge in [-0.25, -0.2) is 9.78 Å². The van der Waals surface area contributed by atoms with Crippen molar-refractivity contribution in [1.82, 2.24) is 4.98 Å². The Hall–Kier alpha value is -2.64. The molecule has 0 aliphatic carbocycles. The smallest absolute Gasteiger partial charge is 0.336 e. The molecule has 0 unspecified atom stereocenters. The molecule has 0 spiro atoms. The molecule has 142 valence electrons. The highest BCUT2D eigenvalue weighted by Crippen LogP contribution is 2.29. The van der Waals surface area contributed by atoms with Gasteiger partial charge in [0.25, 0.3) is 0 Å². The van der Waals surface area contributed by atoms with E-state index >= 15 is 0 Å². The molecule has 0 bridgehead atoms. The van der Waals surface area contributed by atoms with Gasteiger partial charge < -0.3 is 9.15 Å². The van der Waals surface area contributed by atoms with Crippen LogP contribution in [0.3, 0.4) is 0 Å². The molecule has 4 aromatic rings. The van der Waals surface area contributed by atoms with Gasteiger partial charge in [0.05, 0.1) is 16.0 Å². The van der Waals surface area contributed by atoms with E-state index in [0.29, 0.717) is 11.1 Å². The molecule has 4 rings (SSSR count). The molecule has 0 amide bonds. The van der Waals surface area contributed by atoms with E-state index in [1.165, 1.54) is 17.8 Å². The summed E-state index contributed by atoms with van der Waals surface area (Å²) >= 11 is 2.90. The Morgan fingerprint density at radius 3 is 2.79 bits per heavy atom. The summed E-state index contributed by atoms with van der Waals surface area (Å²) in [4.78, 5) is 28.5. The third kappa shape index (κ3) is 3.95. The lowest BCUT2D eigenvalue weighted by Gasteiger charge is -2.09. The monoisotopic (exact) mass is 411 g/mol. The topological polar surface area (TPSA) is 69.4 Å². The zero-order valence-corrected chi connectivity index (χ0v) is 17.0. The van der Waals surface area contributed by atoms with Gasteiger partial charge in [0.1, 0.15) is 12.2 Å². The standard InChI is InChI=1S/C21H17NO4S2/c1-12-7-15-14(9-19(23)26-17(15)8-13(12)2)10-25-20(24)11-27-21-22-16-5-3-4-6-18(16)28-21/h3-9H,10-11H2,1-2H3. The number of para-hydroxylation sites is 1.